The SMILES string of the molecule is CC1CCC(Oc2ccnc(C(N)=S)c2)CC1. The van der Waals surface area contributed by atoms with Crippen molar-refractivity contribution in [3.63, 3.8) is 0 Å². The molecule has 0 atom stereocenters. The fraction of sp³-hybridized carbons (Fsp3) is 0.538. The van der Waals surface area contributed by atoms with Gasteiger partial charge in [-0.25, -0.2) is 0 Å². The number of nitrogens with two attached hydrogens (primary N) is 1. The lowest BCUT2D eigenvalue weighted by atomic mass is 9.89. The minimum Gasteiger partial charge on any atom is -0.490 e. The van der Waals surface area contributed by atoms with Gasteiger partial charge in [0.15, 0.2) is 0 Å². The van der Waals surface area contributed by atoms with E-state index in [2.05, 4.69) is 11.9 Å². The molecule has 3 nitrogen and oxygen atoms in total. The molecule has 0 spiro atoms. The lowest BCUT2D eigenvalue weighted by Crippen LogP contribution is -2.23. The average molecular weight is 250 g/mol. The summed E-state index contributed by atoms with van der Waals surface area (Å²) in [6.07, 6.45) is 6.77. The number of rotatable bonds is 3. The molecule has 1 fully saturated rings. The van der Waals surface area contributed by atoms with E-state index in [0.29, 0.717) is 16.8 Å². The largest absolute Gasteiger partial charge is 0.490 e. The van der Waals surface area contributed by atoms with Crippen LogP contribution in [0.2, 0.25) is 0 Å². The van der Waals surface area contributed by atoms with E-state index in [0.717, 1.165) is 24.5 Å². The summed E-state index contributed by atoms with van der Waals surface area (Å²) in [4.78, 5) is 4.41. The van der Waals surface area contributed by atoms with Gasteiger partial charge in [-0.15, -0.1) is 0 Å². The number of aromatic nitrogens is 1. The molecule has 2 N–H and O–H groups in total. The summed E-state index contributed by atoms with van der Waals surface area (Å²) in [5.41, 5.74) is 6.17. The molecule has 1 saturated carbocycles. The highest BCUT2D eigenvalue weighted by Gasteiger charge is 2.19. The Labute approximate surface area is 107 Å². The monoisotopic (exact) mass is 250 g/mol. The predicted molar refractivity (Wildman–Crippen MR) is 72.2 cm³/mol. The molecule has 1 aromatic heterocycles. The van der Waals surface area contributed by atoms with Gasteiger partial charge in [0.05, 0.1) is 6.10 Å². The molecule has 0 radical (unpaired) electrons. The standard InChI is InChI=1S/C13H18N2OS/c1-9-2-4-10(5-3-9)16-11-6-7-15-12(8-11)13(14)17/h6-10H,2-5H2,1H3,(H2,14,17). The summed E-state index contributed by atoms with van der Waals surface area (Å²) in [6.45, 7) is 2.30. The van der Waals surface area contributed by atoms with Gasteiger partial charge in [0.2, 0.25) is 0 Å². The van der Waals surface area contributed by atoms with Crippen molar-refractivity contribution < 1.29 is 4.74 Å². The third-order valence-corrected chi connectivity index (χ3v) is 3.46. The second kappa shape index (κ2) is 5.45. The molecule has 0 aromatic carbocycles. The van der Waals surface area contributed by atoms with E-state index in [4.69, 9.17) is 22.7 Å². The molecule has 0 bridgehead atoms. The molecule has 17 heavy (non-hydrogen) atoms. The predicted octanol–water partition coefficient (Wildman–Crippen LogP) is 2.67. The molecule has 92 valence electrons. The second-order valence-electron chi connectivity index (χ2n) is 4.74. The fourth-order valence-electron chi connectivity index (χ4n) is 2.16. The van der Waals surface area contributed by atoms with Crippen molar-refractivity contribution in [1.29, 1.82) is 0 Å². The Hall–Kier alpha value is -1.16. The number of thiocarbonyl (C=S) groups is 1. The van der Waals surface area contributed by atoms with Crippen molar-refractivity contribution in [3.8, 4) is 5.75 Å². The highest BCUT2D eigenvalue weighted by Crippen LogP contribution is 2.27. The Balaban J connectivity index is 1.98. The van der Waals surface area contributed by atoms with E-state index in [1.165, 1.54) is 12.8 Å². The fourth-order valence-corrected chi connectivity index (χ4v) is 2.27. The molecule has 4 heteroatoms. The molecule has 2 rings (SSSR count). The van der Waals surface area contributed by atoms with Gasteiger partial charge in [-0.3, -0.25) is 4.98 Å². The summed E-state index contributed by atoms with van der Waals surface area (Å²) in [5.74, 6) is 1.65. The first kappa shape index (κ1) is 12.3. The summed E-state index contributed by atoms with van der Waals surface area (Å²) >= 11 is 4.90. The van der Waals surface area contributed by atoms with Crippen LogP contribution in [0.25, 0.3) is 0 Å². The van der Waals surface area contributed by atoms with E-state index in [9.17, 15) is 0 Å². The lowest BCUT2D eigenvalue weighted by molar-refractivity contribution is 0.135. The van der Waals surface area contributed by atoms with Crippen LogP contribution in [-0.4, -0.2) is 16.1 Å². The van der Waals surface area contributed by atoms with Crippen LogP contribution in [0.3, 0.4) is 0 Å². The molecule has 1 heterocycles. The maximum atomic E-state index is 5.94. The number of pyridine rings is 1. The normalized spacial score (nSPS) is 24.3. The molecular formula is C13H18N2OS. The topological polar surface area (TPSA) is 48.1 Å². The van der Waals surface area contributed by atoms with E-state index >= 15 is 0 Å². The molecule has 0 amide bonds. The van der Waals surface area contributed by atoms with Crippen molar-refractivity contribution >= 4 is 17.2 Å². The molecule has 1 aliphatic carbocycles. The molecule has 1 aliphatic rings. The van der Waals surface area contributed by atoms with Gasteiger partial charge < -0.3 is 10.5 Å². The van der Waals surface area contributed by atoms with Crippen LogP contribution in [0, 0.1) is 5.92 Å². The van der Waals surface area contributed by atoms with Gasteiger partial charge in [-0.05, 0) is 37.7 Å². The molecule has 0 unspecified atom stereocenters. The van der Waals surface area contributed by atoms with Crippen molar-refractivity contribution in [2.75, 3.05) is 0 Å². The first-order valence-electron chi connectivity index (χ1n) is 6.07. The van der Waals surface area contributed by atoms with Crippen molar-refractivity contribution in [2.24, 2.45) is 11.7 Å². The Morgan fingerprint density at radius 2 is 2.12 bits per heavy atom. The number of nitrogens with zero attached hydrogens (tertiary/aromatic N) is 1. The van der Waals surface area contributed by atoms with Crippen LogP contribution in [0.4, 0.5) is 0 Å². The van der Waals surface area contributed by atoms with Crippen LogP contribution >= 0.6 is 12.2 Å². The van der Waals surface area contributed by atoms with Crippen LogP contribution in [0.15, 0.2) is 18.3 Å². The first-order valence-corrected chi connectivity index (χ1v) is 6.48. The van der Waals surface area contributed by atoms with Crippen LogP contribution in [-0.2, 0) is 0 Å². The van der Waals surface area contributed by atoms with E-state index in [1.54, 1.807) is 6.20 Å². The quantitative estimate of drug-likeness (QED) is 0.838. The Kier molecular flexibility index (Phi) is 3.94. The Bertz CT molecular complexity index is 400. The second-order valence-corrected chi connectivity index (χ2v) is 5.18. The average Bonchev–Trinajstić information content (AvgIpc) is 2.32. The van der Waals surface area contributed by atoms with Gasteiger partial charge in [0.25, 0.3) is 0 Å². The van der Waals surface area contributed by atoms with Crippen molar-refractivity contribution in [1.82, 2.24) is 4.98 Å². The molecule has 1 aromatic rings. The Morgan fingerprint density at radius 1 is 1.41 bits per heavy atom. The van der Waals surface area contributed by atoms with Crippen LogP contribution in [0.1, 0.15) is 38.3 Å². The van der Waals surface area contributed by atoms with E-state index in [-0.39, 0.29) is 0 Å². The van der Waals surface area contributed by atoms with Gasteiger partial charge in [0.1, 0.15) is 16.4 Å². The maximum Gasteiger partial charge on any atom is 0.123 e. The highest BCUT2D eigenvalue weighted by atomic mass is 32.1. The molecular weight excluding hydrogens is 232 g/mol. The van der Waals surface area contributed by atoms with Gasteiger partial charge in [0, 0.05) is 12.3 Å². The van der Waals surface area contributed by atoms with Gasteiger partial charge in [-0.1, -0.05) is 19.1 Å². The highest BCUT2D eigenvalue weighted by molar-refractivity contribution is 7.80. The molecule has 0 saturated heterocycles. The van der Waals surface area contributed by atoms with Crippen molar-refractivity contribution in [3.05, 3.63) is 24.0 Å². The van der Waals surface area contributed by atoms with Gasteiger partial charge >= 0.3 is 0 Å². The zero-order chi connectivity index (χ0) is 12.3. The number of ether oxygens (including phenoxy) is 1. The maximum absolute atomic E-state index is 5.94. The number of hydrogen-bond acceptors (Lipinski definition) is 3. The minimum absolute atomic E-state index is 0.313. The zero-order valence-corrected chi connectivity index (χ0v) is 10.9. The van der Waals surface area contributed by atoms with Crippen molar-refractivity contribution in [2.45, 2.75) is 38.7 Å². The summed E-state index contributed by atoms with van der Waals surface area (Å²) in [6, 6.07) is 3.68. The Morgan fingerprint density at radius 3 is 2.76 bits per heavy atom. The van der Waals surface area contributed by atoms with Gasteiger partial charge in [-0.2, -0.15) is 0 Å². The first-order chi connectivity index (χ1) is 8.15. The van der Waals surface area contributed by atoms with E-state index < -0.39 is 0 Å². The third kappa shape index (κ3) is 3.40. The summed E-state index contributed by atoms with van der Waals surface area (Å²) < 4.78 is 5.94. The zero-order valence-electron chi connectivity index (χ0n) is 10.1. The number of hydrogen-bond donors (Lipinski definition) is 1. The lowest BCUT2D eigenvalue weighted by Gasteiger charge is -2.26. The smallest absolute Gasteiger partial charge is 0.123 e. The molecule has 0 aliphatic heterocycles. The third-order valence-electron chi connectivity index (χ3n) is 3.25. The van der Waals surface area contributed by atoms with Crippen LogP contribution in [0.5, 0.6) is 5.75 Å². The van der Waals surface area contributed by atoms with E-state index in [1.807, 2.05) is 12.1 Å². The summed E-state index contributed by atoms with van der Waals surface area (Å²) in [7, 11) is 0. The minimum atomic E-state index is 0.313. The summed E-state index contributed by atoms with van der Waals surface area (Å²) in [5, 5.41) is 0. The van der Waals surface area contributed by atoms with Crippen LogP contribution < -0.4 is 10.5 Å².